The fourth-order valence-corrected chi connectivity index (χ4v) is 4.52. The third-order valence-corrected chi connectivity index (χ3v) is 6.41. The van der Waals surface area contributed by atoms with Crippen molar-refractivity contribution in [2.24, 2.45) is 0 Å². The summed E-state index contributed by atoms with van der Waals surface area (Å²) in [5.74, 6) is -0.795. The number of morpholine rings is 1. The molecule has 2 aromatic carbocycles. The lowest BCUT2D eigenvalue weighted by atomic mass is 9.94. The molecule has 7 nitrogen and oxygen atoms in total. The molecule has 0 bridgehead atoms. The van der Waals surface area contributed by atoms with Gasteiger partial charge in [-0.15, -0.1) is 0 Å². The van der Waals surface area contributed by atoms with Gasteiger partial charge in [-0.05, 0) is 43.2 Å². The first-order valence-electron chi connectivity index (χ1n) is 12.0. The molecular formula is C28H32N2O5. The minimum atomic E-state index is -0.661. The summed E-state index contributed by atoms with van der Waals surface area (Å²) in [6.45, 7) is 10.4. The lowest BCUT2D eigenvalue weighted by Crippen LogP contribution is -2.38. The molecule has 1 atom stereocenters. The molecule has 0 saturated carbocycles. The van der Waals surface area contributed by atoms with Gasteiger partial charge in [0.1, 0.15) is 18.1 Å². The van der Waals surface area contributed by atoms with Crippen LogP contribution in [0, 0.1) is 6.92 Å². The highest BCUT2D eigenvalue weighted by Crippen LogP contribution is 2.39. The Morgan fingerprint density at radius 1 is 1.09 bits per heavy atom. The summed E-state index contributed by atoms with van der Waals surface area (Å²) in [7, 11) is 0. The second kappa shape index (κ2) is 11.3. The first kappa shape index (κ1) is 24.7. The Morgan fingerprint density at radius 2 is 1.77 bits per heavy atom. The van der Waals surface area contributed by atoms with Gasteiger partial charge in [0.25, 0.3) is 11.7 Å². The molecule has 0 aliphatic carbocycles. The smallest absolute Gasteiger partial charge is 0.295 e. The van der Waals surface area contributed by atoms with E-state index in [4.69, 9.17) is 9.47 Å². The molecule has 2 aliphatic rings. The van der Waals surface area contributed by atoms with E-state index in [0.717, 1.165) is 37.2 Å². The predicted octanol–water partition coefficient (Wildman–Crippen LogP) is 3.70. The number of hydrogen-bond acceptors (Lipinski definition) is 6. The minimum Gasteiger partial charge on any atom is -0.507 e. The number of benzene rings is 2. The van der Waals surface area contributed by atoms with E-state index in [2.05, 4.69) is 11.5 Å². The van der Waals surface area contributed by atoms with Gasteiger partial charge in [0.05, 0.1) is 24.8 Å². The zero-order chi connectivity index (χ0) is 24.8. The highest BCUT2D eigenvalue weighted by molar-refractivity contribution is 6.46. The van der Waals surface area contributed by atoms with E-state index in [1.54, 1.807) is 35.2 Å². The van der Waals surface area contributed by atoms with Crippen LogP contribution >= 0.6 is 0 Å². The van der Waals surface area contributed by atoms with Crippen LogP contribution in [0.5, 0.6) is 5.75 Å². The van der Waals surface area contributed by atoms with Gasteiger partial charge < -0.3 is 19.5 Å². The molecule has 1 amide bonds. The van der Waals surface area contributed by atoms with Crippen LogP contribution in [0.1, 0.15) is 29.2 Å². The number of ketones is 1. The van der Waals surface area contributed by atoms with Crippen molar-refractivity contribution in [3.8, 4) is 5.75 Å². The molecular weight excluding hydrogens is 444 g/mol. The second-order valence-corrected chi connectivity index (χ2v) is 8.83. The maximum Gasteiger partial charge on any atom is 0.295 e. The number of carbonyl (C=O) groups is 2. The Hall–Kier alpha value is -3.42. The predicted molar refractivity (Wildman–Crippen MR) is 134 cm³/mol. The summed E-state index contributed by atoms with van der Waals surface area (Å²) in [5, 5.41) is 11.2. The van der Waals surface area contributed by atoms with Crippen LogP contribution in [0.3, 0.4) is 0 Å². The van der Waals surface area contributed by atoms with E-state index in [1.807, 2.05) is 31.2 Å². The van der Waals surface area contributed by atoms with Gasteiger partial charge in [-0.2, -0.15) is 0 Å². The summed E-state index contributed by atoms with van der Waals surface area (Å²) < 4.78 is 10.9. The molecule has 184 valence electrons. The lowest BCUT2D eigenvalue weighted by Gasteiger charge is -2.29. The number of nitrogens with zero attached hydrogens (tertiary/aromatic N) is 2. The largest absolute Gasteiger partial charge is 0.507 e. The molecule has 1 unspecified atom stereocenters. The maximum atomic E-state index is 13.2. The van der Waals surface area contributed by atoms with Crippen LogP contribution in [-0.2, 0) is 14.3 Å². The summed E-state index contributed by atoms with van der Waals surface area (Å²) in [5.41, 5.74) is 2.45. The number of rotatable bonds is 9. The van der Waals surface area contributed by atoms with E-state index in [9.17, 15) is 14.7 Å². The molecule has 35 heavy (non-hydrogen) atoms. The Bertz CT molecular complexity index is 1090. The van der Waals surface area contributed by atoms with Crippen LogP contribution in [0.25, 0.3) is 5.76 Å². The number of aliphatic hydroxyl groups excluding tert-OH is 1. The molecule has 2 saturated heterocycles. The summed E-state index contributed by atoms with van der Waals surface area (Å²) in [4.78, 5) is 30.2. The van der Waals surface area contributed by atoms with Crippen LogP contribution in [-0.4, -0.2) is 72.6 Å². The monoisotopic (exact) mass is 476 g/mol. The maximum absolute atomic E-state index is 13.2. The minimum absolute atomic E-state index is 0.116. The molecule has 0 radical (unpaired) electrons. The average Bonchev–Trinajstić information content (AvgIpc) is 3.13. The Labute approximate surface area is 206 Å². The van der Waals surface area contributed by atoms with Gasteiger partial charge in [-0.3, -0.25) is 14.5 Å². The number of Topliss-reactive ketones (excluding diaryl/α,β-unsaturated/α-hetero) is 1. The van der Waals surface area contributed by atoms with Crippen LogP contribution in [0.2, 0.25) is 0 Å². The molecule has 1 N–H and O–H groups in total. The third kappa shape index (κ3) is 5.63. The molecule has 2 aromatic rings. The summed E-state index contributed by atoms with van der Waals surface area (Å²) in [6.07, 6.45) is 2.38. The summed E-state index contributed by atoms with van der Waals surface area (Å²) in [6, 6.07) is 13.9. The number of aliphatic hydroxyl groups is 1. The number of amides is 1. The molecule has 2 heterocycles. The van der Waals surface area contributed by atoms with Crippen molar-refractivity contribution in [1.29, 1.82) is 0 Å². The molecule has 0 spiro atoms. The van der Waals surface area contributed by atoms with Gasteiger partial charge in [-0.25, -0.2) is 0 Å². The van der Waals surface area contributed by atoms with E-state index in [0.29, 0.717) is 37.7 Å². The van der Waals surface area contributed by atoms with Crippen LogP contribution in [0.4, 0.5) is 0 Å². The van der Waals surface area contributed by atoms with E-state index in [-0.39, 0.29) is 11.3 Å². The Kier molecular flexibility index (Phi) is 8.00. The standard InChI is InChI=1S/C28H32N2O5/c1-3-17-35-23-11-9-22(10-12-23)26(31)24-25(21-7-5-20(2)6-8-21)30(28(33)27(24)32)14-4-13-29-15-18-34-19-16-29/h3,5-12,25,31H,1,4,13-19H2,2H3/b26-24-. The van der Waals surface area contributed by atoms with Crippen LogP contribution in [0.15, 0.2) is 66.8 Å². The highest BCUT2D eigenvalue weighted by Gasteiger charge is 2.45. The fraction of sp³-hybridized carbons (Fsp3) is 0.357. The number of carbonyl (C=O) groups excluding carboxylic acids is 2. The van der Waals surface area contributed by atoms with Gasteiger partial charge in [0, 0.05) is 31.7 Å². The van der Waals surface area contributed by atoms with Gasteiger partial charge in [0.15, 0.2) is 0 Å². The van der Waals surface area contributed by atoms with E-state index >= 15 is 0 Å². The second-order valence-electron chi connectivity index (χ2n) is 8.83. The SMILES string of the molecule is C=CCOc1ccc(/C(O)=C2/C(=O)C(=O)N(CCCN3CCOCC3)C2c2ccc(C)cc2)cc1. The highest BCUT2D eigenvalue weighted by atomic mass is 16.5. The Morgan fingerprint density at radius 3 is 2.43 bits per heavy atom. The van der Waals surface area contributed by atoms with Crippen molar-refractivity contribution in [2.75, 3.05) is 46.0 Å². The zero-order valence-corrected chi connectivity index (χ0v) is 20.1. The first-order chi connectivity index (χ1) is 17.0. The molecule has 7 heteroatoms. The fourth-order valence-electron chi connectivity index (χ4n) is 4.52. The van der Waals surface area contributed by atoms with Crippen molar-refractivity contribution in [3.05, 3.63) is 83.4 Å². The molecule has 4 rings (SSSR count). The van der Waals surface area contributed by atoms with Gasteiger partial charge in [-0.1, -0.05) is 42.5 Å². The van der Waals surface area contributed by atoms with Gasteiger partial charge >= 0.3 is 0 Å². The topological polar surface area (TPSA) is 79.3 Å². The number of ether oxygens (including phenoxy) is 2. The number of hydrogen-bond donors (Lipinski definition) is 1. The average molecular weight is 477 g/mol. The van der Waals surface area contributed by atoms with Crippen molar-refractivity contribution >= 4 is 17.4 Å². The van der Waals surface area contributed by atoms with E-state index < -0.39 is 17.7 Å². The molecule has 2 aliphatic heterocycles. The lowest BCUT2D eigenvalue weighted by molar-refractivity contribution is -0.140. The third-order valence-electron chi connectivity index (χ3n) is 6.41. The molecule has 2 fully saturated rings. The first-order valence-corrected chi connectivity index (χ1v) is 12.0. The van der Waals surface area contributed by atoms with Crippen molar-refractivity contribution in [3.63, 3.8) is 0 Å². The summed E-state index contributed by atoms with van der Waals surface area (Å²) >= 11 is 0. The van der Waals surface area contributed by atoms with Gasteiger partial charge in [0.2, 0.25) is 0 Å². The molecule has 0 aromatic heterocycles. The van der Waals surface area contributed by atoms with E-state index in [1.165, 1.54) is 0 Å². The zero-order valence-electron chi connectivity index (χ0n) is 20.1. The number of likely N-dealkylation sites (tertiary alicyclic amines) is 1. The normalized spacial score (nSPS) is 20.3. The quantitative estimate of drug-likeness (QED) is 0.257. The van der Waals surface area contributed by atoms with Crippen LogP contribution < -0.4 is 4.74 Å². The Balaban J connectivity index is 1.63. The van der Waals surface area contributed by atoms with Crippen molar-refractivity contribution in [2.45, 2.75) is 19.4 Å². The number of aryl methyl sites for hydroxylation is 1. The van der Waals surface area contributed by atoms with Crippen molar-refractivity contribution in [1.82, 2.24) is 9.80 Å². The van der Waals surface area contributed by atoms with Crippen molar-refractivity contribution < 1.29 is 24.2 Å².